The van der Waals surface area contributed by atoms with Gasteiger partial charge in [0.1, 0.15) is 24.4 Å². The van der Waals surface area contributed by atoms with Gasteiger partial charge in [0, 0.05) is 6.42 Å². The average Bonchev–Trinajstić information content (AvgIpc) is 3.16. The SMILES string of the molecule is CCC/C=C\C/C=C\CCCCCCCC(=O)NC(COC1OC(CO)C(O)C(O)C1O)C(O)CCCCCCCCCCCCCCCCCCC. The highest BCUT2D eigenvalue weighted by Gasteiger charge is 2.44. The summed E-state index contributed by atoms with van der Waals surface area (Å²) in [5.74, 6) is -0.159. The van der Waals surface area contributed by atoms with Crippen LogP contribution in [0.25, 0.3) is 0 Å². The van der Waals surface area contributed by atoms with Crippen LogP contribution in [0.4, 0.5) is 0 Å². The van der Waals surface area contributed by atoms with Gasteiger partial charge < -0.3 is 40.3 Å². The number of ether oxygens (including phenoxy) is 2. The van der Waals surface area contributed by atoms with Crippen LogP contribution in [0.2, 0.25) is 0 Å². The van der Waals surface area contributed by atoms with E-state index < -0.39 is 49.5 Å². The Hall–Kier alpha value is -1.33. The number of amides is 1. The fourth-order valence-electron chi connectivity index (χ4n) is 6.96. The topological polar surface area (TPSA) is 149 Å². The Morgan fingerprint density at radius 3 is 1.70 bits per heavy atom. The molecule has 0 spiro atoms. The standard InChI is InChI=1S/C44H83NO8/c1-3-5-7-9-11-13-15-17-18-19-20-22-23-25-27-29-31-33-38(47)37(36-52-44-43(51)42(50)41(49)39(35-46)53-44)45-40(48)34-32-30-28-26-24-21-16-14-12-10-8-6-4-2/h8,10,14,16,37-39,41-44,46-47,49-51H,3-7,9,11-13,15,17-36H2,1-2H3,(H,45,48)/b10-8-,16-14-. The highest BCUT2D eigenvalue weighted by molar-refractivity contribution is 5.76. The third kappa shape index (κ3) is 26.2. The van der Waals surface area contributed by atoms with E-state index in [1.807, 2.05) is 0 Å². The van der Waals surface area contributed by atoms with Crippen LogP contribution in [0.1, 0.15) is 194 Å². The van der Waals surface area contributed by atoms with E-state index in [9.17, 15) is 30.3 Å². The number of aliphatic hydroxyl groups is 5. The predicted octanol–water partition coefficient (Wildman–Crippen LogP) is 8.72. The van der Waals surface area contributed by atoms with E-state index >= 15 is 0 Å². The molecule has 1 rings (SSSR count). The maximum Gasteiger partial charge on any atom is 0.220 e. The number of nitrogens with one attached hydrogen (secondary N) is 1. The Bertz CT molecular complexity index is 883. The third-order valence-electron chi connectivity index (χ3n) is 10.5. The Labute approximate surface area is 324 Å². The summed E-state index contributed by atoms with van der Waals surface area (Å²) in [7, 11) is 0. The first kappa shape index (κ1) is 49.7. The Balaban J connectivity index is 2.35. The zero-order valence-electron chi connectivity index (χ0n) is 34.0. The molecule has 1 fully saturated rings. The van der Waals surface area contributed by atoms with E-state index in [0.717, 1.165) is 70.6 Å². The first-order valence-corrected chi connectivity index (χ1v) is 22.0. The number of hydrogen-bond donors (Lipinski definition) is 6. The van der Waals surface area contributed by atoms with Crippen molar-refractivity contribution >= 4 is 5.91 Å². The Morgan fingerprint density at radius 1 is 0.642 bits per heavy atom. The largest absolute Gasteiger partial charge is 0.394 e. The van der Waals surface area contributed by atoms with Gasteiger partial charge in [-0.3, -0.25) is 4.79 Å². The lowest BCUT2D eigenvalue weighted by atomic mass is 9.99. The lowest BCUT2D eigenvalue weighted by molar-refractivity contribution is -0.302. The van der Waals surface area contributed by atoms with Crippen LogP contribution in [-0.4, -0.2) is 87.5 Å². The van der Waals surface area contributed by atoms with Crippen LogP contribution >= 0.6 is 0 Å². The summed E-state index contributed by atoms with van der Waals surface area (Å²) in [6.45, 7) is 3.75. The zero-order chi connectivity index (χ0) is 38.8. The molecule has 7 atom stereocenters. The number of rotatable bonds is 36. The van der Waals surface area contributed by atoms with Gasteiger partial charge >= 0.3 is 0 Å². The van der Waals surface area contributed by atoms with Gasteiger partial charge in [-0.15, -0.1) is 0 Å². The summed E-state index contributed by atoms with van der Waals surface area (Å²) in [5, 5.41) is 54.2. The van der Waals surface area contributed by atoms with Crippen LogP contribution in [0, 0.1) is 0 Å². The van der Waals surface area contributed by atoms with Crippen LogP contribution in [-0.2, 0) is 14.3 Å². The molecule has 0 bridgehead atoms. The van der Waals surface area contributed by atoms with Crippen molar-refractivity contribution in [1.82, 2.24) is 5.32 Å². The quantitative estimate of drug-likeness (QED) is 0.0275. The second-order valence-corrected chi connectivity index (χ2v) is 15.5. The summed E-state index contributed by atoms with van der Waals surface area (Å²) >= 11 is 0. The predicted molar refractivity (Wildman–Crippen MR) is 217 cm³/mol. The molecule has 9 heteroatoms. The zero-order valence-corrected chi connectivity index (χ0v) is 34.0. The number of hydrogen-bond acceptors (Lipinski definition) is 8. The number of aliphatic hydroxyl groups excluding tert-OH is 5. The molecule has 312 valence electrons. The monoisotopic (exact) mass is 754 g/mol. The molecule has 1 aliphatic heterocycles. The van der Waals surface area contributed by atoms with E-state index in [0.29, 0.717) is 12.8 Å². The minimum Gasteiger partial charge on any atom is -0.394 e. The molecule has 7 unspecified atom stereocenters. The van der Waals surface area contributed by atoms with Crippen molar-refractivity contribution in [1.29, 1.82) is 0 Å². The molecular formula is C44H83NO8. The van der Waals surface area contributed by atoms with E-state index in [1.54, 1.807) is 0 Å². The number of carbonyl (C=O) groups is 1. The molecule has 1 aliphatic rings. The molecule has 0 aromatic heterocycles. The van der Waals surface area contributed by atoms with E-state index in [-0.39, 0.29) is 12.5 Å². The van der Waals surface area contributed by atoms with Gasteiger partial charge in [0.05, 0.1) is 25.4 Å². The molecule has 1 heterocycles. The molecule has 6 N–H and O–H groups in total. The maximum absolute atomic E-state index is 12.9. The smallest absolute Gasteiger partial charge is 0.220 e. The minimum absolute atomic E-state index is 0.142. The molecular weight excluding hydrogens is 670 g/mol. The van der Waals surface area contributed by atoms with Gasteiger partial charge in [0.25, 0.3) is 0 Å². The lowest BCUT2D eigenvalue weighted by Crippen LogP contribution is -2.60. The molecule has 53 heavy (non-hydrogen) atoms. The molecule has 0 saturated carbocycles. The van der Waals surface area contributed by atoms with E-state index in [2.05, 4.69) is 43.5 Å². The molecule has 1 amide bonds. The summed E-state index contributed by atoms with van der Waals surface area (Å²) in [5.41, 5.74) is 0. The number of unbranched alkanes of at least 4 members (excludes halogenated alkanes) is 22. The lowest BCUT2D eigenvalue weighted by Gasteiger charge is -2.40. The van der Waals surface area contributed by atoms with Crippen molar-refractivity contribution in [2.45, 2.75) is 236 Å². The van der Waals surface area contributed by atoms with Crippen molar-refractivity contribution in [3.8, 4) is 0 Å². The second-order valence-electron chi connectivity index (χ2n) is 15.5. The molecule has 0 aromatic carbocycles. The first-order chi connectivity index (χ1) is 25.8. The van der Waals surface area contributed by atoms with Gasteiger partial charge in [-0.25, -0.2) is 0 Å². The fourth-order valence-corrected chi connectivity index (χ4v) is 6.96. The van der Waals surface area contributed by atoms with Crippen LogP contribution < -0.4 is 5.32 Å². The van der Waals surface area contributed by atoms with Crippen LogP contribution in [0.5, 0.6) is 0 Å². The van der Waals surface area contributed by atoms with Crippen molar-refractivity contribution in [3.05, 3.63) is 24.3 Å². The fraction of sp³-hybridized carbons (Fsp3) is 0.886. The third-order valence-corrected chi connectivity index (χ3v) is 10.5. The Morgan fingerprint density at radius 2 is 1.15 bits per heavy atom. The van der Waals surface area contributed by atoms with Crippen LogP contribution in [0.15, 0.2) is 24.3 Å². The maximum atomic E-state index is 12.9. The van der Waals surface area contributed by atoms with Gasteiger partial charge in [-0.2, -0.15) is 0 Å². The Kier molecular flexibility index (Phi) is 32.9. The summed E-state index contributed by atoms with van der Waals surface area (Å²) < 4.78 is 11.2. The molecule has 0 radical (unpaired) electrons. The summed E-state index contributed by atoms with van der Waals surface area (Å²) in [6, 6.07) is -0.723. The van der Waals surface area contributed by atoms with Gasteiger partial charge in [0.15, 0.2) is 6.29 Å². The van der Waals surface area contributed by atoms with Crippen molar-refractivity contribution in [2.75, 3.05) is 13.2 Å². The number of carbonyl (C=O) groups excluding carboxylic acids is 1. The normalized spacial score (nSPS) is 21.8. The highest BCUT2D eigenvalue weighted by Crippen LogP contribution is 2.23. The summed E-state index contributed by atoms with van der Waals surface area (Å²) in [6.07, 6.45) is 33.2. The van der Waals surface area contributed by atoms with Crippen LogP contribution in [0.3, 0.4) is 0 Å². The van der Waals surface area contributed by atoms with E-state index in [4.69, 9.17) is 9.47 Å². The first-order valence-electron chi connectivity index (χ1n) is 22.0. The van der Waals surface area contributed by atoms with Gasteiger partial charge in [-0.05, 0) is 38.5 Å². The van der Waals surface area contributed by atoms with Crippen molar-refractivity contribution < 1.29 is 39.8 Å². The minimum atomic E-state index is -1.55. The molecule has 0 aliphatic carbocycles. The van der Waals surface area contributed by atoms with Crippen molar-refractivity contribution in [2.24, 2.45) is 0 Å². The highest BCUT2D eigenvalue weighted by atomic mass is 16.7. The molecule has 0 aromatic rings. The van der Waals surface area contributed by atoms with Crippen molar-refractivity contribution in [3.63, 3.8) is 0 Å². The van der Waals surface area contributed by atoms with E-state index in [1.165, 1.54) is 96.3 Å². The summed E-state index contributed by atoms with van der Waals surface area (Å²) in [4.78, 5) is 12.9. The molecule has 9 nitrogen and oxygen atoms in total. The average molecular weight is 754 g/mol. The number of allylic oxidation sites excluding steroid dienone is 4. The molecule has 1 saturated heterocycles. The van der Waals surface area contributed by atoms with Gasteiger partial charge in [-0.1, -0.05) is 173 Å². The second kappa shape index (κ2) is 35.1. The van der Waals surface area contributed by atoms with Gasteiger partial charge in [0.2, 0.25) is 5.91 Å².